The summed E-state index contributed by atoms with van der Waals surface area (Å²) in [5.41, 5.74) is 0.505. The molecule has 1 aliphatic heterocycles. The number of carbonyl (C=O) groups is 1. The Balaban J connectivity index is 1.43. The lowest BCUT2D eigenvalue weighted by molar-refractivity contribution is -0.162. The fraction of sp³-hybridized carbons (Fsp3) is 0.238. The van der Waals surface area contributed by atoms with Crippen LogP contribution in [0.5, 0.6) is 17.2 Å². The van der Waals surface area contributed by atoms with Crippen LogP contribution in [0.15, 0.2) is 53.1 Å². The van der Waals surface area contributed by atoms with Gasteiger partial charge in [-0.25, -0.2) is 4.79 Å². The molecule has 162 valence electrons. The van der Waals surface area contributed by atoms with E-state index in [9.17, 15) is 18.3 Å². The van der Waals surface area contributed by atoms with Crippen molar-refractivity contribution in [2.24, 2.45) is 0 Å². The average molecular weight is 445 g/mol. The quantitative estimate of drug-likeness (QED) is 0.520. The van der Waals surface area contributed by atoms with E-state index in [-0.39, 0.29) is 12.4 Å². The number of hydrogen-bond donors (Lipinski definition) is 1. The number of fused-ring (bicyclic) bond motifs is 1. The summed E-state index contributed by atoms with van der Waals surface area (Å²) in [6, 6.07) is 13.1. The smallest absolute Gasteiger partial charge is 0.352 e. The zero-order valence-corrected chi connectivity index (χ0v) is 17.5. The van der Waals surface area contributed by atoms with Crippen LogP contribution in [0.2, 0.25) is 0 Å². The van der Waals surface area contributed by atoms with E-state index in [4.69, 9.17) is 18.2 Å². The summed E-state index contributed by atoms with van der Waals surface area (Å²) in [6.45, 7) is 1.84. The first-order valence-electron chi connectivity index (χ1n) is 9.35. The van der Waals surface area contributed by atoms with Gasteiger partial charge in [0.05, 0.1) is 11.8 Å². The van der Waals surface area contributed by atoms with Crippen molar-refractivity contribution >= 4 is 16.1 Å². The van der Waals surface area contributed by atoms with Crippen molar-refractivity contribution < 1.29 is 36.5 Å². The monoisotopic (exact) mass is 445 g/mol. The van der Waals surface area contributed by atoms with E-state index in [1.165, 1.54) is 12.1 Å². The lowest BCUT2D eigenvalue weighted by Crippen LogP contribution is -2.48. The van der Waals surface area contributed by atoms with Crippen LogP contribution in [0, 0.1) is 0 Å². The molecule has 1 atom stereocenters. The molecule has 1 aromatic heterocycles. The van der Waals surface area contributed by atoms with E-state index in [1.54, 1.807) is 43.3 Å². The van der Waals surface area contributed by atoms with Gasteiger partial charge in [-0.1, -0.05) is 12.1 Å². The van der Waals surface area contributed by atoms with Crippen LogP contribution >= 0.6 is 0 Å². The SMILES string of the molecule is CC[C@]1(C(=O)O)Oc2ccc(OCc3cc(-c4ccc(OS(C)(=O)=O)cc4)no3)cc21. The Morgan fingerprint density at radius 3 is 2.48 bits per heavy atom. The van der Waals surface area contributed by atoms with Crippen molar-refractivity contribution in [2.45, 2.75) is 25.6 Å². The molecule has 0 fully saturated rings. The molecule has 2 aromatic carbocycles. The van der Waals surface area contributed by atoms with Gasteiger partial charge in [-0.15, -0.1) is 0 Å². The van der Waals surface area contributed by atoms with E-state index >= 15 is 0 Å². The zero-order chi connectivity index (χ0) is 22.2. The first-order valence-corrected chi connectivity index (χ1v) is 11.2. The molecule has 0 saturated heterocycles. The fourth-order valence-corrected chi connectivity index (χ4v) is 3.76. The maximum Gasteiger partial charge on any atom is 0.352 e. The molecule has 1 aliphatic rings. The molecule has 0 unspecified atom stereocenters. The van der Waals surface area contributed by atoms with Gasteiger partial charge >= 0.3 is 16.1 Å². The van der Waals surface area contributed by atoms with E-state index in [0.717, 1.165) is 6.26 Å². The summed E-state index contributed by atoms with van der Waals surface area (Å²) in [5.74, 6) is 0.647. The minimum absolute atomic E-state index is 0.0914. The number of hydrogen-bond acceptors (Lipinski definition) is 8. The first kappa shape index (κ1) is 20.7. The van der Waals surface area contributed by atoms with Crippen LogP contribution in [0.3, 0.4) is 0 Å². The van der Waals surface area contributed by atoms with Gasteiger partial charge in [0.25, 0.3) is 0 Å². The lowest BCUT2D eigenvalue weighted by Gasteiger charge is -2.40. The van der Waals surface area contributed by atoms with Gasteiger partial charge in [0.15, 0.2) is 5.76 Å². The van der Waals surface area contributed by atoms with E-state index in [1.807, 2.05) is 0 Å². The van der Waals surface area contributed by atoms with Gasteiger partial charge in [-0.3, -0.25) is 0 Å². The Morgan fingerprint density at radius 2 is 1.84 bits per heavy atom. The molecule has 0 spiro atoms. The minimum atomic E-state index is -3.59. The van der Waals surface area contributed by atoms with E-state index < -0.39 is 21.7 Å². The largest absolute Gasteiger partial charge is 0.486 e. The number of carboxylic acid groups (broad SMARTS) is 1. The molecule has 3 aromatic rings. The predicted octanol–water partition coefficient (Wildman–Crippen LogP) is 3.34. The molecular weight excluding hydrogens is 426 g/mol. The van der Waals surface area contributed by atoms with Gasteiger partial charge in [0.1, 0.15) is 29.5 Å². The Labute approximate surface area is 178 Å². The topological polar surface area (TPSA) is 125 Å². The first-order chi connectivity index (χ1) is 14.7. The van der Waals surface area contributed by atoms with Crippen LogP contribution in [-0.4, -0.2) is 30.9 Å². The molecule has 10 heteroatoms. The van der Waals surface area contributed by atoms with Gasteiger partial charge < -0.3 is 23.3 Å². The van der Waals surface area contributed by atoms with Crippen molar-refractivity contribution in [2.75, 3.05) is 6.26 Å². The Morgan fingerprint density at radius 1 is 1.13 bits per heavy atom. The summed E-state index contributed by atoms with van der Waals surface area (Å²) >= 11 is 0. The molecular formula is C21H19NO8S. The third-order valence-electron chi connectivity index (χ3n) is 4.85. The summed E-state index contributed by atoms with van der Waals surface area (Å²) in [6.07, 6.45) is 1.28. The van der Waals surface area contributed by atoms with Gasteiger partial charge in [-0.05, 0) is 48.9 Å². The zero-order valence-electron chi connectivity index (χ0n) is 16.7. The second kappa shape index (κ2) is 7.62. The number of ether oxygens (including phenoxy) is 2. The number of aromatic nitrogens is 1. The molecule has 0 amide bonds. The van der Waals surface area contributed by atoms with Crippen LogP contribution in [0.1, 0.15) is 24.7 Å². The molecule has 0 radical (unpaired) electrons. The maximum absolute atomic E-state index is 11.6. The minimum Gasteiger partial charge on any atom is -0.486 e. The van der Waals surface area contributed by atoms with Crippen LogP contribution in [0.25, 0.3) is 11.3 Å². The van der Waals surface area contributed by atoms with Crippen LogP contribution in [0.4, 0.5) is 0 Å². The Kier molecular flexibility index (Phi) is 5.10. The van der Waals surface area contributed by atoms with Crippen molar-refractivity contribution in [3.05, 3.63) is 59.9 Å². The number of carboxylic acids is 1. The van der Waals surface area contributed by atoms with Crippen molar-refractivity contribution in [1.29, 1.82) is 0 Å². The number of nitrogens with zero attached hydrogens (tertiary/aromatic N) is 1. The molecule has 0 bridgehead atoms. The third-order valence-corrected chi connectivity index (χ3v) is 5.35. The van der Waals surface area contributed by atoms with Crippen molar-refractivity contribution in [3.8, 4) is 28.5 Å². The molecule has 9 nitrogen and oxygen atoms in total. The van der Waals surface area contributed by atoms with Gasteiger partial charge in [0, 0.05) is 11.6 Å². The summed E-state index contributed by atoms with van der Waals surface area (Å²) in [7, 11) is -3.59. The molecule has 4 rings (SSSR count). The number of rotatable bonds is 8. The molecule has 2 heterocycles. The summed E-state index contributed by atoms with van der Waals surface area (Å²) in [4.78, 5) is 11.6. The molecule has 0 aliphatic carbocycles. The summed E-state index contributed by atoms with van der Waals surface area (Å²) in [5, 5.41) is 13.5. The van der Waals surface area contributed by atoms with Gasteiger partial charge in [-0.2, -0.15) is 8.42 Å². The highest BCUT2D eigenvalue weighted by atomic mass is 32.2. The van der Waals surface area contributed by atoms with Crippen LogP contribution < -0.4 is 13.7 Å². The van der Waals surface area contributed by atoms with Crippen LogP contribution in [-0.2, 0) is 27.1 Å². The molecule has 31 heavy (non-hydrogen) atoms. The predicted molar refractivity (Wildman–Crippen MR) is 108 cm³/mol. The van der Waals surface area contributed by atoms with Crippen molar-refractivity contribution in [3.63, 3.8) is 0 Å². The fourth-order valence-electron chi connectivity index (χ4n) is 3.30. The maximum atomic E-state index is 11.6. The normalized spacial score (nSPS) is 17.2. The number of benzene rings is 2. The third kappa shape index (κ3) is 4.06. The summed E-state index contributed by atoms with van der Waals surface area (Å²) < 4.78 is 43.7. The van der Waals surface area contributed by atoms with E-state index in [0.29, 0.717) is 40.5 Å². The standard InChI is InChI=1S/C21H19NO8S/c1-3-21(20(23)24)17-10-15(8-9-19(17)28-21)27-12-16-11-18(22-29-16)13-4-6-14(7-5-13)30-31(2,25)26/h4-11H,3,12H2,1-2H3,(H,23,24)/t21-/m0/s1. The second-order valence-corrected chi connectivity index (χ2v) is 8.60. The second-order valence-electron chi connectivity index (χ2n) is 7.02. The molecule has 1 N–H and O–H groups in total. The number of aliphatic carboxylic acids is 1. The highest BCUT2D eigenvalue weighted by molar-refractivity contribution is 7.86. The highest BCUT2D eigenvalue weighted by Gasteiger charge is 2.51. The average Bonchev–Trinajstić information content (AvgIpc) is 3.16. The lowest BCUT2D eigenvalue weighted by atomic mass is 9.85. The molecule has 0 saturated carbocycles. The van der Waals surface area contributed by atoms with Gasteiger partial charge in [0.2, 0.25) is 5.60 Å². The Bertz CT molecular complexity index is 1230. The highest BCUT2D eigenvalue weighted by Crippen LogP contribution is 2.48. The van der Waals surface area contributed by atoms with Crippen molar-refractivity contribution in [1.82, 2.24) is 5.16 Å². The Hall–Kier alpha value is -3.53. The van der Waals surface area contributed by atoms with E-state index in [2.05, 4.69) is 5.16 Å².